The van der Waals surface area contributed by atoms with Crippen LogP contribution in [0.2, 0.25) is 0 Å². The van der Waals surface area contributed by atoms with E-state index in [4.69, 9.17) is 4.74 Å². The third-order valence-electron chi connectivity index (χ3n) is 4.94. The van der Waals surface area contributed by atoms with Crippen LogP contribution in [0.1, 0.15) is 97.3 Å². The van der Waals surface area contributed by atoms with Crippen molar-refractivity contribution in [3.63, 3.8) is 0 Å². The van der Waals surface area contributed by atoms with Gasteiger partial charge in [-0.3, -0.25) is 9.59 Å². The molecule has 138 valence electrons. The second-order valence-corrected chi connectivity index (χ2v) is 7.08. The van der Waals surface area contributed by atoms with Gasteiger partial charge in [-0.05, 0) is 31.6 Å². The molecule has 0 heterocycles. The van der Waals surface area contributed by atoms with Crippen LogP contribution in [-0.4, -0.2) is 11.9 Å². The van der Waals surface area contributed by atoms with E-state index in [-0.39, 0.29) is 23.8 Å². The molecule has 2 unspecified atom stereocenters. The van der Waals surface area contributed by atoms with Crippen molar-refractivity contribution in [2.45, 2.75) is 97.3 Å². The number of hydrogen-bond donors (Lipinski definition) is 0. The maximum absolute atomic E-state index is 12.4. The van der Waals surface area contributed by atoms with Gasteiger partial charge in [-0.1, -0.05) is 77.4 Å². The molecule has 0 amide bonds. The fraction of sp³-hybridized carbons (Fsp3) is 0.810. The largest absolute Gasteiger partial charge is 0.393 e. The Bertz CT molecular complexity index is 387. The Morgan fingerprint density at radius 2 is 1.62 bits per heavy atom. The molecule has 0 N–H and O–H groups in total. The van der Waals surface area contributed by atoms with Crippen LogP contribution in [0.5, 0.6) is 0 Å². The molecule has 0 spiro atoms. The third-order valence-corrected chi connectivity index (χ3v) is 4.94. The van der Waals surface area contributed by atoms with Gasteiger partial charge in [-0.15, -0.1) is 0 Å². The van der Waals surface area contributed by atoms with Crippen molar-refractivity contribution in [1.29, 1.82) is 0 Å². The first-order valence-electron chi connectivity index (χ1n) is 10.1. The molecule has 3 nitrogen and oxygen atoms in total. The van der Waals surface area contributed by atoms with Gasteiger partial charge in [-0.2, -0.15) is 0 Å². The summed E-state index contributed by atoms with van der Waals surface area (Å²) in [5.74, 6) is -0.504. The number of hydrogen-bond acceptors (Lipinski definition) is 3. The summed E-state index contributed by atoms with van der Waals surface area (Å²) in [5.41, 5.74) is 0. The normalized spacial score (nSPS) is 20.1. The number of carbonyl (C=O) groups is 2. The zero-order valence-electron chi connectivity index (χ0n) is 15.7. The smallest absolute Gasteiger partial charge is 0.317 e. The molecule has 0 saturated heterocycles. The number of ether oxygens (including phenoxy) is 1. The maximum Gasteiger partial charge on any atom is 0.317 e. The molecule has 2 atom stereocenters. The topological polar surface area (TPSA) is 43.4 Å². The third kappa shape index (κ3) is 8.65. The Balaban J connectivity index is 2.32. The predicted molar refractivity (Wildman–Crippen MR) is 98.6 cm³/mol. The van der Waals surface area contributed by atoms with Crippen LogP contribution >= 0.6 is 0 Å². The van der Waals surface area contributed by atoms with Gasteiger partial charge in [-0.25, -0.2) is 0 Å². The Morgan fingerprint density at radius 1 is 0.958 bits per heavy atom. The summed E-state index contributed by atoms with van der Waals surface area (Å²) in [4.78, 5) is 24.2. The number of rotatable bonds is 12. The first-order chi connectivity index (χ1) is 11.7. The fourth-order valence-electron chi connectivity index (χ4n) is 3.40. The van der Waals surface area contributed by atoms with Crippen LogP contribution in [0.15, 0.2) is 12.2 Å². The average Bonchev–Trinajstić information content (AvgIpc) is 2.59. The van der Waals surface area contributed by atoms with Crippen LogP contribution in [0.3, 0.4) is 0 Å². The van der Waals surface area contributed by atoms with Crippen molar-refractivity contribution in [1.82, 2.24) is 0 Å². The van der Waals surface area contributed by atoms with Gasteiger partial charge < -0.3 is 4.74 Å². The second-order valence-electron chi connectivity index (χ2n) is 7.08. The van der Waals surface area contributed by atoms with E-state index in [1.807, 2.05) is 0 Å². The quantitative estimate of drug-likeness (QED) is 0.191. The van der Waals surface area contributed by atoms with Gasteiger partial charge >= 0.3 is 11.9 Å². The summed E-state index contributed by atoms with van der Waals surface area (Å²) in [6.07, 6.45) is 17.7. The van der Waals surface area contributed by atoms with Crippen molar-refractivity contribution in [2.75, 3.05) is 0 Å². The molecule has 0 fully saturated rings. The van der Waals surface area contributed by atoms with Gasteiger partial charge in [0.2, 0.25) is 0 Å². The van der Waals surface area contributed by atoms with E-state index in [9.17, 15) is 9.59 Å². The molecule has 3 heteroatoms. The van der Waals surface area contributed by atoms with Gasteiger partial charge in [0.1, 0.15) is 0 Å². The highest BCUT2D eigenvalue weighted by Crippen LogP contribution is 2.30. The lowest BCUT2D eigenvalue weighted by Gasteiger charge is -2.25. The van der Waals surface area contributed by atoms with Crippen molar-refractivity contribution in [3.8, 4) is 0 Å². The minimum Gasteiger partial charge on any atom is -0.393 e. The lowest BCUT2D eigenvalue weighted by Crippen LogP contribution is -2.28. The van der Waals surface area contributed by atoms with Gasteiger partial charge in [0, 0.05) is 6.42 Å². The summed E-state index contributed by atoms with van der Waals surface area (Å²) in [7, 11) is 0. The Hall–Kier alpha value is -1.12. The van der Waals surface area contributed by atoms with E-state index in [2.05, 4.69) is 26.0 Å². The molecule has 1 aliphatic carbocycles. The van der Waals surface area contributed by atoms with Gasteiger partial charge in [0.15, 0.2) is 0 Å². The molecular weight excluding hydrogens is 300 g/mol. The van der Waals surface area contributed by atoms with Crippen LogP contribution in [-0.2, 0) is 14.3 Å². The monoisotopic (exact) mass is 336 g/mol. The number of allylic oxidation sites excluding steroid dienone is 2. The van der Waals surface area contributed by atoms with Crippen LogP contribution in [0, 0.1) is 11.8 Å². The lowest BCUT2D eigenvalue weighted by molar-refractivity contribution is -0.164. The van der Waals surface area contributed by atoms with E-state index < -0.39 is 0 Å². The number of unbranched alkanes of at least 4 members (excludes halogenated alkanes) is 7. The molecule has 0 radical (unpaired) electrons. The van der Waals surface area contributed by atoms with Crippen molar-refractivity contribution in [3.05, 3.63) is 12.2 Å². The maximum atomic E-state index is 12.4. The zero-order valence-corrected chi connectivity index (χ0v) is 15.7. The number of carbonyl (C=O) groups excluding carboxylic acids is 2. The highest BCUT2D eigenvalue weighted by molar-refractivity contribution is 5.87. The van der Waals surface area contributed by atoms with Crippen LogP contribution < -0.4 is 0 Å². The molecule has 0 aromatic heterocycles. The van der Waals surface area contributed by atoms with Crippen molar-refractivity contribution in [2.24, 2.45) is 11.8 Å². The van der Waals surface area contributed by atoms with E-state index >= 15 is 0 Å². The summed E-state index contributed by atoms with van der Waals surface area (Å²) in [5, 5.41) is 0. The summed E-state index contributed by atoms with van der Waals surface area (Å²) >= 11 is 0. The van der Waals surface area contributed by atoms with Crippen molar-refractivity contribution < 1.29 is 14.3 Å². The molecule has 0 aliphatic heterocycles. The average molecular weight is 337 g/mol. The zero-order chi connectivity index (χ0) is 17.6. The molecule has 1 rings (SSSR count). The van der Waals surface area contributed by atoms with E-state index in [1.54, 1.807) is 0 Å². The van der Waals surface area contributed by atoms with E-state index in [0.717, 1.165) is 44.9 Å². The van der Waals surface area contributed by atoms with Crippen LogP contribution in [0.25, 0.3) is 0 Å². The molecule has 0 aromatic rings. The SMILES string of the molecule is CCCCCCCC(=O)OC(=O)C1CCC=CC1CCCCCC. The first kappa shape index (κ1) is 20.9. The molecule has 0 aromatic carbocycles. The highest BCUT2D eigenvalue weighted by atomic mass is 16.6. The van der Waals surface area contributed by atoms with Crippen LogP contribution in [0.4, 0.5) is 0 Å². The molecular formula is C21H36O3. The standard InChI is InChI=1S/C21H36O3/c1-3-5-7-9-11-17-20(22)24-21(23)19-16-13-12-15-18(19)14-10-8-6-4-2/h12,15,18-19H,3-11,13-14,16-17H2,1-2H3. The van der Waals surface area contributed by atoms with E-state index in [1.165, 1.54) is 32.1 Å². The summed E-state index contributed by atoms with van der Waals surface area (Å²) < 4.78 is 5.14. The first-order valence-corrected chi connectivity index (χ1v) is 10.1. The Morgan fingerprint density at radius 3 is 2.33 bits per heavy atom. The van der Waals surface area contributed by atoms with Gasteiger partial charge in [0.05, 0.1) is 5.92 Å². The van der Waals surface area contributed by atoms with E-state index in [0.29, 0.717) is 6.42 Å². The molecule has 0 saturated carbocycles. The lowest BCUT2D eigenvalue weighted by atomic mass is 9.81. The Labute approximate surface area is 148 Å². The molecule has 1 aliphatic rings. The van der Waals surface area contributed by atoms with Gasteiger partial charge in [0.25, 0.3) is 0 Å². The highest BCUT2D eigenvalue weighted by Gasteiger charge is 2.30. The second kappa shape index (κ2) is 13.2. The fourth-order valence-corrected chi connectivity index (χ4v) is 3.40. The van der Waals surface area contributed by atoms with Crippen molar-refractivity contribution >= 4 is 11.9 Å². The number of esters is 2. The summed E-state index contributed by atoms with van der Waals surface area (Å²) in [6.45, 7) is 4.37. The minimum absolute atomic E-state index is 0.124. The molecule has 24 heavy (non-hydrogen) atoms. The molecule has 0 bridgehead atoms. The Kier molecular flexibility index (Phi) is 11.5. The minimum atomic E-state index is -0.337. The predicted octanol–water partition coefficient (Wildman–Crippen LogP) is 5.97. The summed E-state index contributed by atoms with van der Waals surface area (Å²) in [6, 6.07) is 0.